The molecule has 0 bridgehead atoms. The zero-order valence-corrected chi connectivity index (χ0v) is 12.4. The van der Waals surface area contributed by atoms with Gasteiger partial charge >= 0.3 is 0 Å². The lowest BCUT2D eigenvalue weighted by Gasteiger charge is -2.15. The molecule has 1 aromatic heterocycles. The Morgan fingerprint density at radius 3 is 2.95 bits per heavy atom. The van der Waals surface area contributed by atoms with E-state index in [1.165, 1.54) is 0 Å². The summed E-state index contributed by atoms with van der Waals surface area (Å²) in [5, 5.41) is 3.89. The summed E-state index contributed by atoms with van der Waals surface area (Å²) in [4.78, 5) is 4.20. The van der Waals surface area contributed by atoms with Crippen LogP contribution >= 0.6 is 0 Å². The summed E-state index contributed by atoms with van der Waals surface area (Å²) in [7, 11) is 0. The highest BCUT2D eigenvalue weighted by Crippen LogP contribution is 2.38. The van der Waals surface area contributed by atoms with Crippen molar-refractivity contribution in [2.45, 2.75) is 39.3 Å². The van der Waals surface area contributed by atoms with Gasteiger partial charge in [-0.15, -0.1) is 0 Å². The fourth-order valence-electron chi connectivity index (χ4n) is 2.56. The number of nitrogens with two attached hydrogens (primary N) is 1. The Kier molecular flexibility index (Phi) is 3.55. The number of rotatable bonds is 4. The monoisotopic (exact) mass is 289 g/mol. The van der Waals surface area contributed by atoms with E-state index in [0.29, 0.717) is 18.3 Å². The molecule has 1 aliphatic heterocycles. The summed E-state index contributed by atoms with van der Waals surface area (Å²) in [5.74, 6) is 2.55. The first-order valence-corrected chi connectivity index (χ1v) is 7.10. The lowest BCUT2D eigenvalue weighted by Crippen LogP contribution is -2.15. The van der Waals surface area contributed by atoms with Crippen molar-refractivity contribution >= 4 is 0 Å². The third-order valence-electron chi connectivity index (χ3n) is 3.48. The Balaban J connectivity index is 2.02. The molecule has 2 atom stereocenters. The number of hydrogen-bond acceptors (Lipinski definition) is 6. The second-order valence-corrected chi connectivity index (χ2v) is 5.21. The molecule has 6 nitrogen and oxygen atoms in total. The van der Waals surface area contributed by atoms with Crippen LogP contribution in [-0.4, -0.2) is 22.9 Å². The van der Waals surface area contributed by atoms with Crippen molar-refractivity contribution < 1.29 is 14.0 Å². The molecule has 0 amide bonds. The van der Waals surface area contributed by atoms with Crippen LogP contribution in [0.3, 0.4) is 0 Å². The molecule has 0 saturated heterocycles. The normalized spacial score (nSPS) is 18.2. The van der Waals surface area contributed by atoms with Gasteiger partial charge in [0, 0.05) is 24.5 Å². The summed E-state index contributed by atoms with van der Waals surface area (Å²) in [6.07, 6.45) is 1.06. The molecule has 2 N–H and O–H groups in total. The molecule has 1 aliphatic rings. The van der Waals surface area contributed by atoms with Gasteiger partial charge in [-0.1, -0.05) is 5.16 Å². The smallest absolute Gasteiger partial charge is 0.223 e. The average Bonchev–Trinajstić information content (AvgIpc) is 3.02. The van der Waals surface area contributed by atoms with E-state index < -0.39 is 6.04 Å². The first-order chi connectivity index (χ1) is 10.1. The summed E-state index contributed by atoms with van der Waals surface area (Å²) in [6, 6.07) is 3.43. The molecule has 112 valence electrons. The van der Waals surface area contributed by atoms with Crippen LogP contribution in [0.5, 0.6) is 11.5 Å². The number of aromatic nitrogens is 2. The molecule has 2 heterocycles. The van der Waals surface area contributed by atoms with Gasteiger partial charge < -0.3 is 19.7 Å². The van der Waals surface area contributed by atoms with Crippen LogP contribution in [0.25, 0.3) is 0 Å². The van der Waals surface area contributed by atoms with E-state index in [0.717, 1.165) is 29.0 Å². The molecule has 2 unspecified atom stereocenters. The standard InChI is InChI=1S/C15H19N3O3/c1-4-19-13-6-10-5-8(2)20-12(10)7-11(13)14(16)15-17-9(3)21-18-15/h6-8,14H,4-5,16H2,1-3H3. The molecule has 3 rings (SSSR count). The minimum atomic E-state index is -0.506. The Bertz CT molecular complexity index is 654. The second-order valence-electron chi connectivity index (χ2n) is 5.21. The average molecular weight is 289 g/mol. The minimum absolute atomic E-state index is 0.174. The number of aryl methyl sites for hydroxylation is 1. The van der Waals surface area contributed by atoms with Gasteiger partial charge in [-0.05, 0) is 26.0 Å². The molecule has 6 heteroatoms. The highest BCUT2D eigenvalue weighted by Gasteiger charge is 2.26. The molecular weight excluding hydrogens is 270 g/mol. The van der Waals surface area contributed by atoms with E-state index in [1.807, 2.05) is 26.0 Å². The van der Waals surface area contributed by atoms with E-state index >= 15 is 0 Å². The molecule has 0 saturated carbocycles. The Morgan fingerprint density at radius 1 is 1.48 bits per heavy atom. The van der Waals surface area contributed by atoms with Crippen molar-refractivity contribution in [3.8, 4) is 11.5 Å². The van der Waals surface area contributed by atoms with Crippen LogP contribution in [0.4, 0.5) is 0 Å². The summed E-state index contributed by atoms with van der Waals surface area (Å²) in [5.41, 5.74) is 8.22. The van der Waals surface area contributed by atoms with Crippen LogP contribution in [0, 0.1) is 6.92 Å². The SMILES string of the molecule is CCOc1cc2c(cc1C(N)c1noc(C)n1)OC(C)C2. The number of ether oxygens (including phenoxy) is 2. The third kappa shape index (κ3) is 2.58. The van der Waals surface area contributed by atoms with Crippen molar-refractivity contribution in [3.05, 3.63) is 35.0 Å². The lowest BCUT2D eigenvalue weighted by atomic mass is 10.0. The zero-order chi connectivity index (χ0) is 15.0. The largest absolute Gasteiger partial charge is 0.494 e. The molecule has 0 radical (unpaired) electrons. The maximum absolute atomic E-state index is 6.27. The molecule has 0 spiro atoms. The summed E-state index contributed by atoms with van der Waals surface area (Å²) < 4.78 is 16.5. The van der Waals surface area contributed by atoms with Gasteiger partial charge in [0.2, 0.25) is 5.89 Å². The summed E-state index contributed by atoms with van der Waals surface area (Å²) in [6.45, 7) is 6.29. The Morgan fingerprint density at radius 2 is 2.29 bits per heavy atom. The first kappa shape index (κ1) is 13.9. The van der Waals surface area contributed by atoms with Gasteiger partial charge in [0.05, 0.1) is 12.6 Å². The molecule has 0 aliphatic carbocycles. The fraction of sp³-hybridized carbons (Fsp3) is 0.467. The van der Waals surface area contributed by atoms with Gasteiger partial charge in [-0.25, -0.2) is 0 Å². The quantitative estimate of drug-likeness (QED) is 0.928. The minimum Gasteiger partial charge on any atom is -0.494 e. The van der Waals surface area contributed by atoms with Crippen LogP contribution in [-0.2, 0) is 6.42 Å². The fourth-order valence-corrected chi connectivity index (χ4v) is 2.56. The first-order valence-electron chi connectivity index (χ1n) is 7.10. The predicted octanol–water partition coefficient (Wildman–Crippen LogP) is 2.15. The van der Waals surface area contributed by atoms with Crippen molar-refractivity contribution in [1.82, 2.24) is 10.1 Å². The molecule has 0 fully saturated rings. The third-order valence-corrected chi connectivity index (χ3v) is 3.48. The highest BCUT2D eigenvalue weighted by atomic mass is 16.5. The van der Waals surface area contributed by atoms with E-state index in [1.54, 1.807) is 6.92 Å². The van der Waals surface area contributed by atoms with Crippen LogP contribution in [0.1, 0.15) is 42.7 Å². The maximum atomic E-state index is 6.27. The van der Waals surface area contributed by atoms with Crippen molar-refractivity contribution in [3.63, 3.8) is 0 Å². The summed E-state index contributed by atoms with van der Waals surface area (Å²) >= 11 is 0. The Hall–Kier alpha value is -2.08. The van der Waals surface area contributed by atoms with E-state index in [4.69, 9.17) is 19.7 Å². The van der Waals surface area contributed by atoms with Crippen molar-refractivity contribution in [2.24, 2.45) is 5.73 Å². The topological polar surface area (TPSA) is 83.4 Å². The lowest BCUT2D eigenvalue weighted by molar-refractivity contribution is 0.254. The maximum Gasteiger partial charge on any atom is 0.223 e. The van der Waals surface area contributed by atoms with Gasteiger partial charge in [-0.2, -0.15) is 4.98 Å². The van der Waals surface area contributed by atoms with E-state index in [2.05, 4.69) is 10.1 Å². The van der Waals surface area contributed by atoms with Crippen molar-refractivity contribution in [2.75, 3.05) is 6.61 Å². The number of nitrogens with zero attached hydrogens (tertiary/aromatic N) is 2. The van der Waals surface area contributed by atoms with Crippen molar-refractivity contribution in [1.29, 1.82) is 0 Å². The molecular formula is C15H19N3O3. The van der Waals surface area contributed by atoms with Gasteiger partial charge in [-0.3, -0.25) is 0 Å². The van der Waals surface area contributed by atoms with Crippen LogP contribution < -0.4 is 15.2 Å². The van der Waals surface area contributed by atoms with E-state index in [9.17, 15) is 0 Å². The number of fused-ring (bicyclic) bond motifs is 1. The Labute approximate surface area is 123 Å². The van der Waals surface area contributed by atoms with Gasteiger partial charge in [0.1, 0.15) is 17.6 Å². The second kappa shape index (κ2) is 5.37. The van der Waals surface area contributed by atoms with Crippen LogP contribution in [0.2, 0.25) is 0 Å². The molecule has 21 heavy (non-hydrogen) atoms. The zero-order valence-electron chi connectivity index (χ0n) is 12.4. The number of hydrogen-bond donors (Lipinski definition) is 1. The number of benzene rings is 1. The van der Waals surface area contributed by atoms with Gasteiger partial charge in [0.25, 0.3) is 0 Å². The van der Waals surface area contributed by atoms with E-state index in [-0.39, 0.29) is 6.10 Å². The predicted molar refractivity (Wildman–Crippen MR) is 76.5 cm³/mol. The molecule has 2 aromatic rings. The van der Waals surface area contributed by atoms with Crippen LogP contribution in [0.15, 0.2) is 16.7 Å². The highest BCUT2D eigenvalue weighted by molar-refractivity contribution is 5.51. The van der Waals surface area contributed by atoms with Gasteiger partial charge in [0.15, 0.2) is 5.82 Å². The molecule has 1 aromatic carbocycles.